The Labute approximate surface area is 154 Å². The molecule has 2 rings (SSSR count). The SMILES string of the molecule is C#CCSc1cc(-c2c(Cl)c(C(F)(F)F)n(C)c2Cl)c(F)cc1Cl. The van der Waals surface area contributed by atoms with Gasteiger partial charge in [0.05, 0.1) is 15.8 Å². The number of nitrogens with zero attached hydrogens (tertiary/aromatic N) is 1. The van der Waals surface area contributed by atoms with Crippen LogP contribution in [0.25, 0.3) is 11.1 Å². The van der Waals surface area contributed by atoms with Crippen LogP contribution in [-0.2, 0) is 13.2 Å². The summed E-state index contributed by atoms with van der Waals surface area (Å²) in [5, 5.41) is -0.915. The molecule has 1 aromatic carbocycles. The van der Waals surface area contributed by atoms with Crippen LogP contribution in [0.4, 0.5) is 17.6 Å². The van der Waals surface area contributed by atoms with Gasteiger partial charge in [-0.3, -0.25) is 0 Å². The van der Waals surface area contributed by atoms with Gasteiger partial charge in [-0.15, -0.1) is 18.2 Å². The average molecular weight is 417 g/mol. The molecule has 0 atom stereocenters. The van der Waals surface area contributed by atoms with Crippen LogP contribution in [0, 0.1) is 18.2 Å². The number of hydrogen-bond donors (Lipinski definition) is 0. The molecule has 0 N–H and O–H groups in total. The second kappa shape index (κ2) is 7.09. The van der Waals surface area contributed by atoms with Crippen LogP contribution in [0.15, 0.2) is 17.0 Å². The summed E-state index contributed by atoms with van der Waals surface area (Å²) in [4.78, 5) is 0.413. The highest BCUT2D eigenvalue weighted by Gasteiger charge is 2.40. The molecule has 1 aromatic heterocycles. The first kappa shape index (κ1) is 19.3. The predicted octanol–water partition coefficient (Wildman–Crippen LogP) is 6.54. The van der Waals surface area contributed by atoms with Gasteiger partial charge in [0.2, 0.25) is 0 Å². The first-order valence-corrected chi connectivity index (χ1v) is 8.38. The summed E-state index contributed by atoms with van der Waals surface area (Å²) in [6.07, 6.45) is 0.428. The Bertz CT molecular complexity index is 837. The third kappa shape index (κ3) is 3.50. The molecular formula is C15H8Cl3F4NS. The number of benzene rings is 1. The van der Waals surface area contributed by atoms with Crippen LogP contribution in [0.1, 0.15) is 5.69 Å². The zero-order chi connectivity index (χ0) is 18.2. The fourth-order valence-electron chi connectivity index (χ4n) is 2.12. The van der Waals surface area contributed by atoms with E-state index < -0.39 is 22.7 Å². The molecule has 9 heteroatoms. The number of thioether (sulfide) groups is 1. The number of halogens is 7. The van der Waals surface area contributed by atoms with E-state index in [1.54, 1.807) is 0 Å². The lowest BCUT2D eigenvalue weighted by Gasteiger charge is -2.09. The van der Waals surface area contributed by atoms with Crippen molar-refractivity contribution in [2.24, 2.45) is 7.05 Å². The van der Waals surface area contributed by atoms with Crippen molar-refractivity contribution in [1.82, 2.24) is 4.57 Å². The molecule has 1 nitrogen and oxygen atoms in total. The van der Waals surface area contributed by atoms with Gasteiger partial charge in [0, 0.05) is 23.1 Å². The Balaban J connectivity index is 2.72. The number of aromatic nitrogens is 1. The highest BCUT2D eigenvalue weighted by Crippen LogP contribution is 2.47. The molecule has 0 unspecified atom stereocenters. The van der Waals surface area contributed by atoms with Crippen molar-refractivity contribution in [1.29, 1.82) is 0 Å². The third-order valence-corrected chi connectivity index (χ3v) is 5.33. The van der Waals surface area contributed by atoms with E-state index in [4.69, 9.17) is 41.2 Å². The predicted molar refractivity (Wildman–Crippen MR) is 90.4 cm³/mol. The molecule has 0 saturated carbocycles. The zero-order valence-electron chi connectivity index (χ0n) is 11.9. The molecule has 1 heterocycles. The van der Waals surface area contributed by atoms with Gasteiger partial charge in [-0.2, -0.15) is 13.2 Å². The van der Waals surface area contributed by atoms with E-state index in [0.29, 0.717) is 9.46 Å². The second-order valence-corrected chi connectivity index (χ2v) is 6.80. The summed E-state index contributed by atoms with van der Waals surface area (Å²) in [6.45, 7) is 0. The summed E-state index contributed by atoms with van der Waals surface area (Å²) >= 11 is 18.9. The van der Waals surface area contributed by atoms with Crippen molar-refractivity contribution < 1.29 is 17.6 Å². The fraction of sp³-hybridized carbons (Fsp3) is 0.200. The standard InChI is InChI=1S/C15H8Cl3F4NS/c1-3-4-24-10-5-7(9(19)6-8(10)16)11-12(17)13(15(20,21)22)23(2)14(11)18/h1,5-6H,4H2,2H3. The maximum Gasteiger partial charge on any atom is 0.432 e. The monoisotopic (exact) mass is 415 g/mol. The molecular weight excluding hydrogens is 409 g/mol. The quantitative estimate of drug-likeness (QED) is 0.313. The van der Waals surface area contributed by atoms with Gasteiger partial charge in [0.1, 0.15) is 16.7 Å². The number of rotatable bonds is 3. The van der Waals surface area contributed by atoms with E-state index in [9.17, 15) is 17.6 Å². The topological polar surface area (TPSA) is 4.93 Å². The molecule has 0 aliphatic carbocycles. The smallest absolute Gasteiger partial charge is 0.329 e. The minimum Gasteiger partial charge on any atom is -0.329 e. The van der Waals surface area contributed by atoms with Gasteiger partial charge in [-0.05, 0) is 12.1 Å². The molecule has 24 heavy (non-hydrogen) atoms. The van der Waals surface area contributed by atoms with Gasteiger partial charge >= 0.3 is 6.18 Å². The molecule has 0 spiro atoms. The van der Waals surface area contributed by atoms with Crippen LogP contribution in [-0.4, -0.2) is 10.3 Å². The van der Waals surface area contributed by atoms with Gasteiger partial charge in [0.25, 0.3) is 0 Å². The lowest BCUT2D eigenvalue weighted by molar-refractivity contribution is -0.142. The number of terminal acetylenes is 1. The summed E-state index contributed by atoms with van der Waals surface area (Å²) < 4.78 is 54.3. The van der Waals surface area contributed by atoms with Crippen LogP contribution in [0.5, 0.6) is 0 Å². The van der Waals surface area contributed by atoms with E-state index in [2.05, 4.69) is 5.92 Å². The average Bonchev–Trinajstić information content (AvgIpc) is 2.68. The van der Waals surface area contributed by atoms with Crippen LogP contribution in [0.3, 0.4) is 0 Å². The first-order valence-electron chi connectivity index (χ1n) is 6.26. The molecule has 0 radical (unpaired) electrons. The second-order valence-electron chi connectivity index (χ2n) is 4.64. The number of alkyl halides is 3. The van der Waals surface area contributed by atoms with E-state index in [1.807, 2.05) is 0 Å². The maximum atomic E-state index is 14.3. The Morgan fingerprint density at radius 3 is 2.38 bits per heavy atom. The van der Waals surface area contributed by atoms with Crippen molar-refractivity contribution >= 4 is 46.6 Å². The van der Waals surface area contributed by atoms with E-state index >= 15 is 0 Å². The number of hydrogen-bond acceptors (Lipinski definition) is 1. The highest BCUT2D eigenvalue weighted by molar-refractivity contribution is 7.99. The molecule has 0 fully saturated rings. The maximum absolute atomic E-state index is 14.3. The largest absolute Gasteiger partial charge is 0.432 e. The first-order chi connectivity index (χ1) is 11.1. The van der Waals surface area contributed by atoms with E-state index in [1.165, 1.54) is 6.07 Å². The minimum atomic E-state index is -4.74. The van der Waals surface area contributed by atoms with Crippen LogP contribution >= 0.6 is 46.6 Å². The zero-order valence-corrected chi connectivity index (χ0v) is 15.0. The van der Waals surface area contributed by atoms with E-state index in [0.717, 1.165) is 24.9 Å². The molecule has 2 aromatic rings. The van der Waals surface area contributed by atoms with Crippen LogP contribution < -0.4 is 0 Å². The minimum absolute atomic E-state index is 0.0933. The van der Waals surface area contributed by atoms with Gasteiger partial charge in [0.15, 0.2) is 0 Å². The summed E-state index contributed by atoms with van der Waals surface area (Å²) in [7, 11) is 1.10. The Morgan fingerprint density at radius 1 is 1.25 bits per heavy atom. The lowest BCUT2D eigenvalue weighted by atomic mass is 10.1. The molecule has 0 amide bonds. The summed E-state index contributed by atoms with van der Waals surface area (Å²) in [6, 6.07) is 2.27. The van der Waals surface area contributed by atoms with Gasteiger partial charge < -0.3 is 4.57 Å². The van der Waals surface area contributed by atoms with Crippen molar-refractivity contribution in [3.63, 3.8) is 0 Å². The molecule has 0 bridgehead atoms. The fourth-order valence-corrected chi connectivity index (χ4v) is 3.82. The van der Waals surface area contributed by atoms with Crippen molar-refractivity contribution in [2.45, 2.75) is 11.1 Å². The summed E-state index contributed by atoms with van der Waals surface area (Å²) in [5.74, 6) is 1.80. The van der Waals surface area contributed by atoms with Crippen LogP contribution in [0.2, 0.25) is 15.2 Å². The highest BCUT2D eigenvalue weighted by atomic mass is 35.5. The third-order valence-electron chi connectivity index (χ3n) is 3.13. The van der Waals surface area contributed by atoms with Crippen molar-refractivity contribution in [3.05, 3.63) is 38.8 Å². The van der Waals surface area contributed by atoms with Gasteiger partial charge in [-0.1, -0.05) is 40.7 Å². The molecule has 0 aliphatic rings. The Kier molecular flexibility index (Phi) is 5.71. The van der Waals surface area contributed by atoms with Crippen molar-refractivity contribution in [3.8, 4) is 23.5 Å². The molecule has 0 aliphatic heterocycles. The normalized spacial score (nSPS) is 11.6. The lowest BCUT2D eigenvalue weighted by Crippen LogP contribution is -2.11. The van der Waals surface area contributed by atoms with Gasteiger partial charge in [-0.25, -0.2) is 4.39 Å². The molecule has 128 valence electrons. The van der Waals surface area contributed by atoms with Crippen molar-refractivity contribution in [2.75, 3.05) is 5.75 Å². The molecule has 0 saturated heterocycles. The summed E-state index contributed by atoms with van der Waals surface area (Å²) in [5.41, 5.74) is -1.58. The Morgan fingerprint density at radius 2 is 1.88 bits per heavy atom. The van der Waals surface area contributed by atoms with E-state index in [-0.39, 0.29) is 27.1 Å². The Hall–Kier alpha value is -1.00.